The Labute approximate surface area is 421 Å². The second kappa shape index (κ2) is 41.9. The number of amides is 1. The summed E-state index contributed by atoms with van der Waals surface area (Å²) in [5.74, 6) is -0.252. The fraction of sp³-hybridized carbons (Fsp3) is 0.768. The molecule has 0 radical (unpaired) electrons. The van der Waals surface area contributed by atoms with Crippen LogP contribution >= 0.6 is 0 Å². The number of unbranched alkanes of at least 4 members (excludes halogenated alkanes) is 16. The van der Waals surface area contributed by atoms with E-state index in [-0.39, 0.29) is 18.9 Å². The summed E-state index contributed by atoms with van der Waals surface area (Å²) in [6, 6.07) is -0.855. The van der Waals surface area contributed by atoms with E-state index in [1.165, 1.54) is 70.6 Å². The van der Waals surface area contributed by atoms with Crippen LogP contribution in [0.2, 0.25) is 0 Å². The third-order valence-corrected chi connectivity index (χ3v) is 12.9. The van der Waals surface area contributed by atoms with Gasteiger partial charge in [-0.3, -0.25) is 4.79 Å². The highest BCUT2D eigenvalue weighted by Gasteiger charge is 2.51. The lowest BCUT2D eigenvalue weighted by atomic mass is 9.97. The van der Waals surface area contributed by atoms with E-state index in [1.807, 2.05) is 0 Å². The van der Waals surface area contributed by atoms with Crippen LogP contribution in [0.3, 0.4) is 0 Å². The van der Waals surface area contributed by atoms with E-state index in [2.05, 4.69) is 92.1 Å². The molecular formula is C56H97NO13. The lowest BCUT2D eigenvalue weighted by Gasteiger charge is -2.46. The third kappa shape index (κ3) is 28.0. The molecule has 0 aromatic carbocycles. The molecule has 2 saturated heterocycles. The first-order chi connectivity index (χ1) is 34.1. The molecule has 14 nitrogen and oxygen atoms in total. The third-order valence-electron chi connectivity index (χ3n) is 12.9. The van der Waals surface area contributed by atoms with Crippen molar-refractivity contribution >= 4 is 5.91 Å². The van der Waals surface area contributed by atoms with Gasteiger partial charge in [-0.2, -0.15) is 0 Å². The number of rotatable bonds is 41. The Morgan fingerprint density at radius 2 is 0.986 bits per heavy atom. The minimum Gasteiger partial charge on any atom is -0.394 e. The maximum absolute atomic E-state index is 13.2. The lowest BCUT2D eigenvalue weighted by molar-refractivity contribution is -0.359. The Morgan fingerprint density at radius 3 is 1.49 bits per heavy atom. The average molecular weight is 992 g/mol. The molecule has 2 fully saturated rings. The zero-order valence-corrected chi connectivity index (χ0v) is 43.0. The number of carbonyl (C=O) groups is 1. The van der Waals surface area contributed by atoms with E-state index < -0.39 is 86.8 Å². The summed E-state index contributed by atoms with van der Waals surface area (Å²) in [6.45, 7) is 2.70. The molecule has 0 saturated carbocycles. The minimum absolute atomic E-state index is 0.246. The number of aliphatic hydroxyl groups excluding tert-OH is 8. The fourth-order valence-electron chi connectivity index (χ4n) is 8.53. The summed E-state index contributed by atoms with van der Waals surface area (Å²) in [7, 11) is 0. The van der Waals surface area contributed by atoms with Gasteiger partial charge in [0.1, 0.15) is 48.8 Å². The Kier molecular flexibility index (Phi) is 38.0. The van der Waals surface area contributed by atoms with Gasteiger partial charge in [0.15, 0.2) is 12.6 Å². The Balaban J connectivity index is 1.83. The highest BCUT2D eigenvalue weighted by molar-refractivity contribution is 5.76. The van der Waals surface area contributed by atoms with Crippen LogP contribution in [0.4, 0.5) is 0 Å². The maximum atomic E-state index is 13.2. The van der Waals surface area contributed by atoms with Crippen molar-refractivity contribution in [3.8, 4) is 0 Å². The average Bonchev–Trinajstić information content (AvgIpc) is 3.36. The van der Waals surface area contributed by atoms with Crippen LogP contribution in [0.25, 0.3) is 0 Å². The fourth-order valence-corrected chi connectivity index (χ4v) is 8.53. The highest BCUT2D eigenvalue weighted by Crippen LogP contribution is 2.30. The zero-order valence-electron chi connectivity index (χ0n) is 43.0. The van der Waals surface area contributed by atoms with Crippen LogP contribution in [0.15, 0.2) is 72.9 Å². The van der Waals surface area contributed by atoms with Crippen molar-refractivity contribution in [2.45, 2.75) is 254 Å². The van der Waals surface area contributed by atoms with Crippen LogP contribution < -0.4 is 5.32 Å². The molecule has 0 aromatic heterocycles. The van der Waals surface area contributed by atoms with E-state index in [4.69, 9.17) is 18.9 Å². The molecule has 1 amide bonds. The Bertz CT molecular complexity index is 1450. The molecule has 12 unspecified atom stereocenters. The van der Waals surface area contributed by atoms with Crippen molar-refractivity contribution in [2.75, 3.05) is 19.8 Å². The number of hydrogen-bond acceptors (Lipinski definition) is 13. The molecule has 2 aliphatic rings. The van der Waals surface area contributed by atoms with Gasteiger partial charge in [0.25, 0.3) is 0 Å². The molecule has 0 aliphatic carbocycles. The second-order valence-corrected chi connectivity index (χ2v) is 19.0. The predicted molar refractivity (Wildman–Crippen MR) is 277 cm³/mol. The van der Waals surface area contributed by atoms with Crippen molar-refractivity contribution in [1.29, 1.82) is 0 Å². The first-order valence-corrected chi connectivity index (χ1v) is 27.2. The van der Waals surface area contributed by atoms with Crippen molar-refractivity contribution in [3.05, 3.63) is 72.9 Å². The van der Waals surface area contributed by atoms with Crippen LogP contribution in [0, 0.1) is 0 Å². The Hall–Kier alpha value is -2.57. The number of ether oxygens (including phenoxy) is 4. The summed E-state index contributed by atoms with van der Waals surface area (Å²) in [6.07, 6.45) is 36.1. The maximum Gasteiger partial charge on any atom is 0.220 e. The normalized spacial score (nSPS) is 26.5. The van der Waals surface area contributed by atoms with Gasteiger partial charge in [0.2, 0.25) is 5.91 Å². The molecule has 14 heteroatoms. The van der Waals surface area contributed by atoms with E-state index in [9.17, 15) is 45.6 Å². The van der Waals surface area contributed by atoms with E-state index in [1.54, 1.807) is 0 Å². The number of allylic oxidation sites excluding steroid dienone is 12. The van der Waals surface area contributed by atoms with Crippen molar-refractivity contribution in [1.82, 2.24) is 5.32 Å². The summed E-state index contributed by atoms with van der Waals surface area (Å²) in [4.78, 5) is 13.2. The summed E-state index contributed by atoms with van der Waals surface area (Å²) in [5, 5.41) is 87.0. The predicted octanol–water partition coefficient (Wildman–Crippen LogP) is 7.99. The highest BCUT2D eigenvalue weighted by atomic mass is 16.7. The van der Waals surface area contributed by atoms with Crippen LogP contribution in [-0.4, -0.2) is 140 Å². The molecule has 0 aromatic rings. The van der Waals surface area contributed by atoms with Gasteiger partial charge in [-0.25, -0.2) is 0 Å². The van der Waals surface area contributed by atoms with Gasteiger partial charge in [0, 0.05) is 6.42 Å². The van der Waals surface area contributed by atoms with Gasteiger partial charge in [0.05, 0.1) is 32.0 Å². The lowest BCUT2D eigenvalue weighted by Crippen LogP contribution is -2.65. The number of aliphatic hydroxyl groups is 8. The largest absolute Gasteiger partial charge is 0.394 e. The minimum atomic E-state index is -1.79. The molecule has 0 bridgehead atoms. The summed E-state index contributed by atoms with van der Waals surface area (Å²) < 4.78 is 22.8. The monoisotopic (exact) mass is 992 g/mol. The molecule has 12 atom stereocenters. The SMILES string of the molecule is CC/C=C\C/C=C\C/C=C\C/C=C\C/C=C\C/C=C\CCCCC(=O)NC(COC1OC(CO)C(OC2OC(CO)C(O)C(O)C2O)C(O)C1O)C(O)CCCCCCCCCCCCCCCCC. The van der Waals surface area contributed by atoms with Crippen LogP contribution in [0.5, 0.6) is 0 Å². The van der Waals surface area contributed by atoms with Crippen LogP contribution in [0.1, 0.15) is 181 Å². The van der Waals surface area contributed by atoms with E-state index >= 15 is 0 Å². The first kappa shape index (κ1) is 63.5. The molecule has 0 spiro atoms. The molecule has 2 rings (SSSR count). The van der Waals surface area contributed by atoms with Gasteiger partial charge in [-0.15, -0.1) is 0 Å². The van der Waals surface area contributed by atoms with Crippen molar-refractivity contribution in [3.63, 3.8) is 0 Å². The zero-order chi connectivity index (χ0) is 51.0. The molecule has 2 heterocycles. The van der Waals surface area contributed by atoms with Gasteiger partial charge in [-0.1, -0.05) is 183 Å². The van der Waals surface area contributed by atoms with E-state index in [0.717, 1.165) is 77.0 Å². The number of carbonyl (C=O) groups excluding carboxylic acids is 1. The first-order valence-electron chi connectivity index (χ1n) is 27.2. The second-order valence-electron chi connectivity index (χ2n) is 19.0. The van der Waals surface area contributed by atoms with Gasteiger partial charge >= 0.3 is 0 Å². The Morgan fingerprint density at radius 1 is 0.529 bits per heavy atom. The van der Waals surface area contributed by atoms with Crippen LogP contribution in [-0.2, 0) is 23.7 Å². The number of nitrogens with one attached hydrogen (secondary N) is 1. The summed E-state index contributed by atoms with van der Waals surface area (Å²) in [5.41, 5.74) is 0. The topological polar surface area (TPSA) is 228 Å². The van der Waals surface area contributed by atoms with Gasteiger partial charge in [-0.05, 0) is 64.2 Å². The standard InChI is InChI=1S/C56H97NO13/c1-3-5-7-9-11-13-15-17-19-20-21-22-23-24-26-28-30-32-34-36-38-40-48(61)57-44(45(60)39-37-35-33-31-29-27-25-18-16-14-12-10-8-6-4-2)43-67-55-53(66)51(64)54(47(42-59)69-55)70-56-52(65)50(63)49(62)46(41-58)68-56/h5,7,11,13,17,19,21-22,24,26,30,32,44-47,49-56,58-60,62-66H,3-4,6,8-10,12,14-16,18,20,23,25,27-29,31,33-43H2,1-2H3,(H,57,61)/b7-5-,13-11-,19-17-,22-21-,26-24-,32-30-. The van der Waals surface area contributed by atoms with Crippen molar-refractivity contribution < 1.29 is 64.6 Å². The molecule has 70 heavy (non-hydrogen) atoms. The van der Waals surface area contributed by atoms with Crippen molar-refractivity contribution in [2.24, 2.45) is 0 Å². The molecule has 2 aliphatic heterocycles. The summed E-state index contributed by atoms with van der Waals surface area (Å²) >= 11 is 0. The van der Waals surface area contributed by atoms with E-state index in [0.29, 0.717) is 12.8 Å². The molecule has 9 N–H and O–H groups in total. The quantitative estimate of drug-likeness (QED) is 0.0209. The smallest absolute Gasteiger partial charge is 0.220 e. The molecular weight excluding hydrogens is 895 g/mol. The molecule has 404 valence electrons. The number of hydrogen-bond donors (Lipinski definition) is 9. The van der Waals surface area contributed by atoms with Gasteiger partial charge < -0.3 is 65.1 Å².